The smallest absolute Gasteiger partial charge is 0.407 e. The Morgan fingerprint density at radius 3 is 2.60 bits per heavy atom. The third kappa shape index (κ3) is 4.83. The second-order valence-electron chi connectivity index (χ2n) is 9.95. The van der Waals surface area contributed by atoms with Gasteiger partial charge in [-0.15, -0.1) is 0 Å². The highest BCUT2D eigenvalue weighted by Crippen LogP contribution is 2.43. The number of hydrogen-bond donors (Lipinski definition) is 3. The number of anilines is 1. The molecule has 2 heterocycles. The topological polar surface area (TPSA) is 149 Å². The summed E-state index contributed by atoms with van der Waals surface area (Å²) in [6.07, 6.45) is -0.754. The van der Waals surface area contributed by atoms with Crippen molar-refractivity contribution in [1.82, 2.24) is 20.0 Å². The molecule has 0 aromatic heterocycles. The minimum Gasteiger partial charge on any atom is -0.465 e. The highest BCUT2D eigenvalue weighted by molar-refractivity contribution is 6.15. The second kappa shape index (κ2) is 10.6. The van der Waals surface area contributed by atoms with Gasteiger partial charge >= 0.3 is 12.1 Å². The lowest BCUT2D eigenvalue weighted by atomic mass is 9.94. The Labute approximate surface area is 228 Å². The first kappa shape index (κ1) is 27.1. The Hall–Kier alpha value is -4.52. The summed E-state index contributed by atoms with van der Waals surface area (Å²) >= 11 is 0. The van der Waals surface area contributed by atoms with Crippen LogP contribution in [0.1, 0.15) is 23.1 Å². The number of benzene rings is 2. The van der Waals surface area contributed by atoms with Gasteiger partial charge in [-0.2, -0.15) is 0 Å². The fraction of sp³-hybridized carbons (Fsp3) is 0.370. The number of nitrogens with zero attached hydrogens (tertiary/aromatic N) is 3. The average Bonchev–Trinajstić information content (AvgIpc) is 3.62. The van der Waals surface area contributed by atoms with E-state index in [0.717, 1.165) is 0 Å². The number of rotatable bonds is 6. The van der Waals surface area contributed by atoms with Crippen molar-refractivity contribution in [3.8, 4) is 0 Å². The first-order chi connectivity index (χ1) is 19.1. The monoisotopic (exact) mass is 553 g/mol. The zero-order valence-corrected chi connectivity index (χ0v) is 21.7. The van der Waals surface area contributed by atoms with Crippen LogP contribution in [0.2, 0.25) is 0 Å². The molecule has 2 saturated heterocycles. The number of Topliss-reactive ketones (excluding diaryl/α,β-unsaturated/α-hetero) is 1. The predicted octanol–water partition coefficient (Wildman–Crippen LogP) is 1.49. The van der Waals surface area contributed by atoms with Crippen LogP contribution in [-0.4, -0.2) is 89.0 Å². The van der Waals surface area contributed by atoms with E-state index in [1.807, 2.05) is 0 Å². The maximum absolute atomic E-state index is 13.6. The van der Waals surface area contributed by atoms with Crippen molar-refractivity contribution in [3.05, 3.63) is 65.0 Å². The van der Waals surface area contributed by atoms with Gasteiger partial charge in [0.05, 0.1) is 6.04 Å². The van der Waals surface area contributed by atoms with Gasteiger partial charge in [0.25, 0.3) is 5.91 Å². The fourth-order valence-corrected chi connectivity index (χ4v) is 5.46. The normalized spacial score (nSPS) is 21.6. The van der Waals surface area contributed by atoms with Gasteiger partial charge in [-0.1, -0.05) is 18.2 Å². The molecule has 3 N–H and O–H groups in total. The molecule has 210 valence electrons. The van der Waals surface area contributed by atoms with Crippen LogP contribution < -0.4 is 10.6 Å². The molecule has 1 aliphatic carbocycles. The third-order valence-electron chi connectivity index (χ3n) is 7.53. The van der Waals surface area contributed by atoms with Gasteiger partial charge in [-0.05, 0) is 41.8 Å². The van der Waals surface area contributed by atoms with Crippen molar-refractivity contribution < 1.29 is 38.2 Å². The average molecular weight is 554 g/mol. The van der Waals surface area contributed by atoms with Crippen LogP contribution in [0.5, 0.6) is 0 Å². The molecule has 12 nitrogen and oxygen atoms in total. The number of hydrogen-bond acceptors (Lipinski definition) is 6. The highest BCUT2D eigenvalue weighted by atomic mass is 19.1. The Kier molecular flexibility index (Phi) is 7.15. The molecule has 13 heteroatoms. The van der Waals surface area contributed by atoms with E-state index in [2.05, 4.69) is 10.6 Å². The highest BCUT2D eigenvalue weighted by Gasteiger charge is 2.59. The van der Waals surface area contributed by atoms with E-state index in [9.17, 15) is 33.5 Å². The maximum Gasteiger partial charge on any atom is 0.407 e. The summed E-state index contributed by atoms with van der Waals surface area (Å²) in [6.45, 7) is -0.220. The number of halogens is 1. The summed E-state index contributed by atoms with van der Waals surface area (Å²) in [5.41, 5.74) is 0.138. The van der Waals surface area contributed by atoms with Crippen LogP contribution in [0.3, 0.4) is 0 Å². The molecular formula is C27H28FN5O7. The molecule has 5 amide bonds. The van der Waals surface area contributed by atoms with E-state index >= 15 is 0 Å². The first-order valence-electron chi connectivity index (χ1n) is 12.7. The molecule has 0 bridgehead atoms. The van der Waals surface area contributed by atoms with Crippen molar-refractivity contribution in [2.24, 2.45) is 0 Å². The van der Waals surface area contributed by atoms with Crippen LogP contribution in [0.4, 0.5) is 19.7 Å². The van der Waals surface area contributed by atoms with Gasteiger partial charge in [-0.25, -0.2) is 14.0 Å². The Bertz CT molecular complexity index is 1380. The van der Waals surface area contributed by atoms with Crippen LogP contribution >= 0.6 is 0 Å². The first-order valence-corrected chi connectivity index (χ1v) is 12.7. The van der Waals surface area contributed by atoms with Crippen molar-refractivity contribution in [2.45, 2.75) is 31.0 Å². The molecule has 2 aromatic carbocycles. The number of ketones is 1. The molecule has 0 unspecified atom stereocenters. The number of carbonyl (C=O) groups excluding carboxylic acids is 4. The van der Waals surface area contributed by atoms with Gasteiger partial charge in [0.2, 0.25) is 11.5 Å². The second-order valence-corrected chi connectivity index (χ2v) is 9.95. The quantitative estimate of drug-likeness (QED) is 0.459. The number of urea groups is 1. The third-order valence-corrected chi connectivity index (χ3v) is 7.53. The standard InChI is InChI=1S/C27H28FN5O7/c1-29-25(37)30-19-6-7-21-17(10-19)11-22(34)27(21)24(36)32(15-40-27)14-23(35)33(12-16-2-4-18(28)5-3-16)20-8-9-31(13-20)26(38)39/h2-7,10,20H,8-9,11-15H2,1H3,(H,38,39)(H2,29,30,37)/t20-,27-/m1/s1. The molecule has 0 radical (unpaired) electrons. The Morgan fingerprint density at radius 2 is 1.93 bits per heavy atom. The predicted molar refractivity (Wildman–Crippen MR) is 138 cm³/mol. The summed E-state index contributed by atoms with van der Waals surface area (Å²) in [4.78, 5) is 67.4. The lowest BCUT2D eigenvalue weighted by Crippen LogP contribution is -2.49. The summed E-state index contributed by atoms with van der Waals surface area (Å²) in [6, 6.07) is 9.50. The number of ether oxygens (including phenoxy) is 1. The SMILES string of the molecule is CNC(=O)Nc1ccc2c(c1)CC(=O)[C@]21OCN(CC(=O)N(Cc2ccc(F)cc2)[C@@H]2CCN(C(=O)O)C2)C1=O. The van der Waals surface area contributed by atoms with E-state index in [-0.39, 0.29) is 39.3 Å². The molecule has 3 aliphatic rings. The van der Waals surface area contributed by atoms with Crippen LogP contribution in [-0.2, 0) is 37.7 Å². The summed E-state index contributed by atoms with van der Waals surface area (Å²) in [5, 5.41) is 14.4. The van der Waals surface area contributed by atoms with Crippen LogP contribution in [0.15, 0.2) is 42.5 Å². The largest absolute Gasteiger partial charge is 0.465 e. The maximum atomic E-state index is 13.6. The molecule has 5 rings (SSSR count). The van der Waals surface area contributed by atoms with Gasteiger partial charge in [0.1, 0.15) is 19.1 Å². The summed E-state index contributed by atoms with van der Waals surface area (Å²) in [5.74, 6) is -2.00. The Morgan fingerprint density at radius 1 is 1.18 bits per heavy atom. The van der Waals surface area contributed by atoms with Crippen molar-refractivity contribution >= 4 is 35.4 Å². The molecule has 2 aliphatic heterocycles. The number of carboxylic acid groups (broad SMARTS) is 1. The van der Waals surface area contributed by atoms with Gasteiger partial charge in [0.15, 0.2) is 5.78 Å². The fourth-order valence-electron chi connectivity index (χ4n) is 5.46. The van der Waals surface area contributed by atoms with E-state index < -0.39 is 47.2 Å². The zero-order chi connectivity index (χ0) is 28.6. The molecule has 0 saturated carbocycles. The van der Waals surface area contributed by atoms with Crippen molar-refractivity contribution in [2.75, 3.05) is 38.7 Å². The Balaban J connectivity index is 1.35. The number of fused-ring (bicyclic) bond motifs is 2. The lowest BCUT2D eigenvalue weighted by Gasteiger charge is -2.30. The van der Waals surface area contributed by atoms with E-state index in [1.54, 1.807) is 30.3 Å². The van der Waals surface area contributed by atoms with Gasteiger partial charge in [0, 0.05) is 44.4 Å². The molecule has 40 heavy (non-hydrogen) atoms. The number of amides is 5. The number of carbonyl (C=O) groups is 5. The van der Waals surface area contributed by atoms with Crippen molar-refractivity contribution in [3.63, 3.8) is 0 Å². The van der Waals surface area contributed by atoms with Crippen molar-refractivity contribution in [1.29, 1.82) is 0 Å². The van der Waals surface area contributed by atoms with Gasteiger partial charge < -0.3 is 35.2 Å². The minimum absolute atomic E-state index is 0.0735. The molecule has 2 aromatic rings. The van der Waals surface area contributed by atoms with E-state index in [1.165, 1.54) is 33.9 Å². The van der Waals surface area contributed by atoms with E-state index in [0.29, 0.717) is 28.8 Å². The molecule has 2 atom stereocenters. The van der Waals surface area contributed by atoms with Crippen LogP contribution in [0.25, 0.3) is 0 Å². The molecule has 2 fully saturated rings. The molecular weight excluding hydrogens is 525 g/mol. The minimum atomic E-state index is -1.86. The summed E-state index contributed by atoms with van der Waals surface area (Å²) in [7, 11) is 1.47. The van der Waals surface area contributed by atoms with Crippen LogP contribution in [0, 0.1) is 5.82 Å². The van der Waals surface area contributed by atoms with E-state index in [4.69, 9.17) is 4.74 Å². The lowest BCUT2D eigenvalue weighted by molar-refractivity contribution is -0.149. The number of likely N-dealkylation sites (tertiary alicyclic amines) is 1. The summed E-state index contributed by atoms with van der Waals surface area (Å²) < 4.78 is 19.3. The van der Waals surface area contributed by atoms with Gasteiger partial charge in [-0.3, -0.25) is 14.4 Å². The molecule has 1 spiro atoms. The zero-order valence-electron chi connectivity index (χ0n) is 21.7. The number of nitrogens with one attached hydrogen (secondary N) is 2.